The Morgan fingerprint density at radius 2 is 1.96 bits per heavy atom. The monoisotopic (exact) mass is 326 g/mol. The van der Waals surface area contributed by atoms with Crippen molar-refractivity contribution < 1.29 is 19.0 Å². The highest BCUT2D eigenvalue weighted by Gasteiger charge is 2.17. The van der Waals surface area contributed by atoms with Crippen LogP contribution in [0.3, 0.4) is 0 Å². The van der Waals surface area contributed by atoms with E-state index in [1.54, 1.807) is 18.2 Å². The number of rotatable bonds is 4. The van der Waals surface area contributed by atoms with Crippen LogP contribution in [0.4, 0.5) is 0 Å². The third kappa shape index (κ3) is 3.84. The van der Waals surface area contributed by atoms with Gasteiger partial charge in [-0.2, -0.15) is 0 Å². The summed E-state index contributed by atoms with van der Waals surface area (Å²) in [6.07, 6.45) is 0. The molecule has 1 aliphatic rings. The molecule has 0 aliphatic carbocycles. The van der Waals surface area contributed by atoms with Gasteiger partial charge in [0, 0.05) is 5.56 Å². The molecule has 0 saturated heterocycles. The average molecular weight is 326 g/mol. The lowest BCUT2D eigenvalue weighted by atomic mass is 10.2. The molecule has 3 rings (SSSR count). The molecule has 6 heteroatoms. The fourth-order valence-electron chi connectivity index (χ4n) is 2.21. The number of carbonyl (C=O) groups is 1. The van der Waals surface area contributed by atoms with Crippen LogP contribution >= 0.6 is 0 Å². The van der Waals surface area contributed by atoms with Gasteiger partial charge in [-0.3, -0.25) is 10.1 Å². The number of ether oxygens (including phenoxy) is 3. The largest absolute Gasteiger partial charge is 0.465 e. The summed E-state index contributed by atoms with van der Waals surface area (Å²) < 4.78 is 15.9. The molecule has 1 aliphatic heterocycles. The first-order valence-corrected chi connectivity index (χ1v) is 7.68. The zero-order valence-corrected chi connectivity index (χ0v) is 13.3. The number of hydrogen-bond donors (Lipinski definition) is 1. The molecule has 0 aromatic heterocycles. The molecule has 124 valence electrons. The maximum atomic E-state index is 12.4. The Kier molecular flexibility index (Phi) is 4.96. The molecule has 1 amide bonds. The first kappa shape index (κ1) is 15.9. The molecule has 0 bridgehead atoms. The number of benzene rings is 2. The van der Waals surface area contributed by atoms with Gasteiger partial charge in [0.25, 0.3) is 11.9 Å². The minimum Gasteiger partial charge on any atom is -0.465 e. The SMILES string of the molecule is CCOC(=NCc1ccccc1)NC(=O)c1ccc2c(c1)OCO2. The van der Waals surface area contributed by atoms with Gasteiger partial charge in [-0.1, -0.05) is 30.3 Å². The van der Waals surface area contributed by atoms with Gasteiger partial charge in [0.15, 0.2) is 11.5 Å². The molecule has 6 nitrogen and oxygen atoms in total. The highest BCUT2D eigenvalue weighted by atomic mass is 16.7. The molecule has 0 spiro atoms. The fraction of sp³-hybridized carbons (Fsp3) is 0.222. The van der Waals surface area contributed by atoms with Crippen LogP contribution in [-0.2, 0) is 11.3 Å². The van der Waals surface area contributed by atoms with E-state index in [1.165, 1.54) is 0 Å². The number of amides is 1. The van der Waals surface area contributed by atoms with Crippen molar-refractivity contribution in [3.05, 3.63) is 59.7 Å². The minimum atomic E-state index is -0.312. The van der Waals surface area contributed by atoms with Gasteiger partial charge in [-0.05, 0) is 30.7 Å². The smallest absolute Gasteiger partial charge is 0.292 e. The number of aliphatic imine (C=N–C) groups is 1. The van der Waals surface area contributed by atoms with Gasteiger partial charge in [0.2, 0.25) is 6.79 Å². The first-order chi connectivity index (χ1) is 11.8. The van der Waals surface area contributed by atoms with Crippen molar-refractivity contribution in [2.45, 2.75) is 13.5 Å². The summed E-state index contributed by atoms with van der Waals surface area (Å²) in [6, 6.07) is 15.0. The molecule has 2 aromatic rings. The van der Waals surface area contributed by atoms with E-state index in [-0.39, 0.29) is 18.7 Å². The van der Waals surface area contributed by atoms with E-state index >= 15 is 0 Å². The van der Waals surface area contributed by atoms with Crippen molar-refractivity contribution in [3.63, 3.8) is 0 Å². The Labute approximate surface area is 140 Å². The van der Waals surface area contributed by atoms with E-state index in [9.17, 15) is 4.79 Å². The summed E-state index contributed by atoms with van der Waals surface area (Å²) in [7, 11) is 0. The molecule has 2 aromatic carbocycles. The maximum absolute atomic E-state index is 12.4. The number of hydrogen-bond acceptors (Lipinski definition) is 5. The van der Waals surface area contributed by atoms with Crippen LogP contribution < -0.4 is 14.8 Å². The van der Waals surface area contributed by atoms with E-state index in [0.29, 0.717) is 30.2 Å². The molecule has 24 heavy (non-hydrogen) atoms. The quantitative estimate of drug-likeness (QED) is 0.693. The predicted octanol–water partition coefficient (Wildman–Crippen LogP) is 2.74. The van der Waals surface area contributed by atoms with Crippen molar-refractivity contribution in [2.24, 2.45) is 4.99 Å². The standard InChI is InChI=1S/C18H18N2O4/c1-2-22-18(19-11-13-6-4-3-5-7-13)20-17(21)14-8-9-15-16(10-14)24-12-23-15/h3-10H,2,11-12H2,1H3,(H,19,20,21). The number of nitrogens with zero attached hydrogens (tertiary/aromatic N) is 1. The Bertz CT molecular complexity index is 744. The van der Waals surface area contributed by atoms with E-state index < -0.39 is 0 Å². The number of fused-ring (bicyclic) bond motifs is 1. The van der Waals surface area contributed by atoms with E-state index in [1.807, 2.05) is 37.3 Å². The Morgan fingerprint density at radius 1 is 1.17 bits per heavy atom. The molecular weight excluding hydrogens is 308 g/mol. The summed E-state index contributed by atoms with van der Waals surface area (Å²) in [4.78, 5) is 16.7. The van der Waals surface area contributed by atoms with Gasteiger partial charge in [-0.15, -0.1) is 0 Å². The lowest BCUT2D eigenvalue weighted by Gasteiger charge is -2.09. The molecule has 0 radical (unpaired) electrons. The van der Waals surface area contributed by atoms with E-state index in [2.05, 4.69) is 10.3 Å². The lowest BCUT2D eigenvalue weighted by Crippen LogP contribution is -2.32. The van der Waals surface area contributed by atoms with Crippen molar-refractivity contribution >= 4 is 11.9 Å². The number of nitrogens with one attached hydrogen (secondary N) is 1. The summed E-state index contributed by atoms with van der Waals surface area (Å²) >= 11 is 0. The predicted molar refractivity (Wildman–Crippen MR) is 89.2 cm³/mol. The maximum Gasteiger partial charge on any atom is 0.292 e. The lowest BCUT2D eigenvalue weighted by molar-refractivity contribution is 0.0965. The van der Waals surface area contributed by atoms with Crippen LogP contribution in [0, 0.1) is 0 Å². The fourth-order valence-corrected chi connectivity index (χ4v) is 2.21. The van der Waals surface area contributed by atoms with Crippen molar-refractivity contribution in [1.82, 2.24) is 5.32 Å². The number of carbonyl (C=O) groups excluding carboxylic acids is 1. The van der Waals surface area contributed by atoms with Gasteiger partial charge in [0.1, 0.15) is 0 Å². The number of amidine groups is 1. The summed E-state index contributed by atoms with van der Waals surface area (Å²) in [5.41, 5.74) is 1.48. The molecular formula is C18H18N2O4. The Morgan fingerprint density at radius 3 is 2.75 bits per heavy atom. The first-order valence-electron chi connectivity index (χ1n) is 7.68. The summed E-state index contributed by atoms with van der Waals surface area (Å²) in [5.74, 6) is 0.879. The van der Waals surface area contributed by atoms with Crippen molar-refractivity contribution in [1.29, 1.82) is 0 Å². The van der Waals surface area contributed by atoms with Crippen molar-refractivity contribution in [2.75, 3.05) is 13.4 Å². The molecule has 1 heterocycles. The van der Waals surface area contributed by atoms with Gasteiger partial charge >= 0.3 is 0 Å². The van der Waals surface area contributed by atoms with E-state index in [0.717, 1.165) is 5.56 Å². The van der Waals surface area contributed by atoms with Gasteiger partial charge in [-0.25, -0.2) is 4.99 Å². The van der Waals surface area contributed by atoms with Gasteiger partial charge < -0.3 is 14.2 Å². The zero-order valence-electron chi connectivity index (χ0n) is 13.3. The van der Waals surface area contributed by atoms with E-state index in [4.69, 9.17) is 14.2 Å². The van der Waals surface area contributed by atoms with Crippen LogP contribution in [-0.4, -0.2) is 25.3 Å². The summed E-state index contributed by atoms with van der Waals surface area (Å²) in [6.45, 7) is 2.85. The molecule has 0 fully saturated rings. The molecule has 0 saturated carbocycles. The molecule has 0 unspecified atom stereocenters. The molecule has 0 atom stereocenters. The summed E-state index contributed by atoms with van der Waals surface area (Å²) in [5, 5.41) is 2.69. The highest BCUT2D eigenvalue weighted by Crippen LogP contribution is 2.32. The topological polar surface area (TPSA) is 69.2 Å². The minimum absolute atomic E-state index is 0.170. The second-order valence-corrected chi connectivity index (χ2v) is 5.06. The van der Waals surface area contributed by atoms with Crippen molar-refractivity contribution in [3.8, 4) is 11.5 Å². The third-order valence-electron chi connectivity index (χ3n) is 3.38. The van der Waals surface area contributed by atoms with Gasteiger partial charge in [0.05, 0.1) is 13.2 Å². The second-order valence-electron chi connectivity index (χ2n) is 5.06. The Balaban J connectivity index is 1.69. The zero-order chi connectivity index (χ0) is 16.8. The normalized spacial score (nSPS) is 12.8. The van der Waals surface area contributed by atoms with Crippen LogP contribution in [0.15, 0.2) is 53.5 Å². The van der Waals surface area contributed by atoms with Crippen LogP contribution in [0.5, 0.6) is 11.5 Å². The highest BCUT2D eigenvalue weighted by molar-refractivity contribution is 6.04. The van der Waals surface area contributed by atoms with Crippen LogP contribution in [0.1, 0.15) is 22.8 Å². The Hall–Kier alpha value is -3.02. The second kappa shape index (κ2) is 7.50. The average Bonchev–Trinajstić information content (AvgIpc) is 3.08. The molecule has 1 N–H and O–H groups in total. The van der Waals surface area contributed by atoms with Crippen LogP contribution in [0.25, 0.3) is 0 Å². The van der Waals surface area contributed by atoms with Crippen LogP contribution in [0.2, 0.25) is 0 Å². The third-order valence-corrected chi connectivity index (χ3v) is 3.38.